The molecule has 0 bridgehead atoms. The minimum atomic E-state index is -3.87. The Labute approximate surface area is 116 Å². The summed E-state index contributed by atoms with van der Waals surface area (Å²) >= 11 is 1.70. The average molecular weight is 302 g/mol. The van der Waals surface area contributed by atoms with Crippen LogP contribution in [0.4, 0.5) is 5.69 Å². The molecule has 1 aromatic carbocycles. The zero-order valence-corrected chi connectivity index (χ0v) is 11.9. The second-order valence-electron chi connectivity index (χ2n) is 4.00. The number of nitrogens with zero attached hydrogens (tertiary/aromatic N) is 1. The van der Waals surface area contributed by atoms with Gasteiger partial charge in [-0.3, -0.25) is 4.79 Å². The van der Waals surface area contributed by atoms with E-state index in [0.29, 0.717) is 0 Å². The smallest absolute Gasteiger partial charge is 0.326 e. The largest absolute Gasteiger partial charge is 0.506 e. The lowest BCUT2D eigenvalue weighted by atomic mass is 10.2. The molecule has 1 saturated heterocycles. The molecule has 19 heavy (non-hydrogen) atoms. The molecule has 6 nitrogen and oxygen atoms in total. The number of carbonyl (C=O) groups is 1. The normalized spacial score (nSPS) is 17.5. The lowest BCUT2D eigenvalue weighted by Crippen LogP contribution is -2.29. The van der Waals surface area contributed by atoms with E-state index in [1.165, 1.54) is 12.1 Å². The Kier molecular flexibility index (Phi) is 3.91. The van der Waals surface area contributed by atoms with Crippen molar-refractivity contribution in [2.75, 3.05) is 16.6 Å². The fourth-order valence-electron chi connectivity index (χ4n) is 1.75. The minimum Gasteiger partial charge on any atom is -0.506 e. The molecule has 0 spiro atoms. The van der Waals surface area contributed by atoms with E-state index in [-0.39, 0.29) is 18.0 Å². The van der Waals surface area contributed by atoms with Crippen LogP contribution in [0.2, 0.25) is 0 Å². The Hall–Kier alpha value is -1.41. The van der Waals surface area contributed by atoms with E-state index in [4.69, 9.17) is 0 Å². The van der Waals surface area contributed by atoms with E-state index >= 15 is 0 Å². The standard InChI is InChI=1S/C11H14N2O4S2/c1-2-18-7-8-3-4-9(10(14)5-8)13-6-11(15)12-19(13,16)17/h3-5,14H,2,6-7H2,1H3,(H,12,15). The number of amides is 1. The summed E-state index contributed by atoms with van der Waals surface area (Å²) in [5.74, 6) is 0.953. The quantitative estimate of drug-likeness (QED) is 0.860. The van der Waals surface area contributed by atoms with Crippen molar-refractivity contribution in [1.82, 2.24) is 4.72 Å². The van der Waals surface area contributed by atoms with Gasteiger partial charge in [0.15, 0.2) is 0 Å². The number of hydrogen-bond donors (Lipinski definition) is 2. The Bertz CT molecular complexity index is 601. The molecule has 1 amide bonds. The van der Waals surface area contributed by atoms with Crippen LogP contribution in [-0.2, 0) is 20.8 Å². The summed E-state index contributed by atoms with van der Waals surface area (Å²) in [5, 5.41) is 9.92. The number of phenols is 1. The van der Waals surface area contributed by atoms with Gasteiger partial charge >= 0.3 is 10.2 Å². The predicted molar refractivity (Wildman–Crippen MR) is 74.4 cm³/mol. The van der Waals surface area contributed by atoms with Gasteiger partial charge in [-0.2, -0.15) is 20.2 Å². The van der Waals surface area contributed by atoms with E-state index in [1.54, 1.807) is 17.8 Å². The van der Waals surface area contributed by atoms with Crippen molar-refractivity contribution in [2.24, 2.45) is 0 Å². The van der Waals surface area contributed by atoms with Crippen molar-refractivity contribution in [3.63, 3.8) is 0 Å². The first-order valence-electron chi connectivity index (χ1n) is 5.67. The molecule has 1 aromatic rings. The summed E-state index contributed by atoms with van der Waals surface area (Å²) in [4.78, 5) is 11.1. The third-order valence-corrected chi connectivity index (χ3v) is 4.94. The molecule has 0 aromatic heterocycles. The monoisotopic (exact) mass is 302 g/mol. The molecule has 1 aliphatic heterocycles. The summed E-state index contributed by atoms with van der Waals surface area (Å²) in [7, 11) is -3.87. The van der Waals surface area contributed by atoms with Gasteiger partial charge in [-0.1, -0.05) is 13.0 Å². The fraction of sp³-hybridized carbons (Fsp3) is 0.364. The first kappa shape index (κ1) is 14.0. The second kappa shape index (κ2) is 5.30. The van der Waals surface area contributed by atoms with E-state index in [0.717, 1.165) is 21.4 Å². The molecule has 1 aliphatic rings. The molecule has 104 valence electrons. The van der Waals surface area contributed by atoms with Crippen LogP contribution in [0.15, 0.2) is 18.2 Å². The van der Waals surface area contributed by atoms with Crippen LogP contribution >= 0.6 is 11.8 Å². The summed E-state index contributed by atoms with van der Waals surface area (Å²) in [6.45, 7) is 1.73. The molecule has 1 fully saturated rings. The lowest BCUT2D eigenvalue weighted by molar-refractivity contribution is -0.117. The Balaban J connectivity index is 2.29. The highest BCUT2D eigenvalue weighted by Crippen LogP contribution is 2.32. The number of benzene rings is 1. The zero-order valence-electron chi connectivity index (χ0n) is 10.3. The average Bonchev–Trinajstić information content (AvgIpc) is 2.60. The van der Waals surface area contributed by atoms with Gasteiger partial charge in [0.1, 0.15) is 12.3 Å². The van der Waals surface area contributed by atoms with Gasteiger partial charge in [0.05, 0.1) is 5.69 Å². The van der Waals surface area contributed by atoms with Crippen LogP contribution in [0, 0.1) is 0 Å². The van der Waals surface area contributed by atoms with Crippen LogP contribution in [-0.4, -0.2) is 31.7 Å². The Morgan fingerprint density at radius 1 is 1.47 bits per heavy atom. The molecule has 2 rings (SSSR count). The number of rotatable bonds is 4. The summed E-state index contributed by atoms with van der Waals surface area (Å²) in [5.41, 5.74) is 1.02. The van der Waals surface area contributed by atoms with Gasteiger partial charge in [-0.05, 0) is 23.4 Å². The molecule has 0 unspecified atom stereocenters. The minimum absolute atomic E-state index is 0.114. The van der Waals surface area contributed by atoms with Crippen molar-refractivity contribution in [3.05, 3.63) is 23.8 Å². The maximum atomic E-state index is 11.7. The summed E-state index contributed by atoms with van der Waals surface area (Å²) in [6, 6.07) is 4.78. The third-order valence-electron chi connectivity index (χ3n) is 2.60. The van der Waals surface area contributed by atoms with Crippen LogP contribution in [0.5, 0.6) is 5.75 Å². The number of aromatic hydroxyl groups is 1. The van der Waals surface area contributed by atoms with Gasteiger partial charge in [0, 0.05) is 5.75 Å². The molecule has 0 aliphatic carbocycles. The van der Waals surface area contributed by atoms with E-state index < -0.39 is 16.1 Å². The van der Waals surface area contributed by atoms with Crippen molar-refractivity contribution in [1.29, 1.82) is 0 Å². The molecule has 0 atom stereocenters. The highest BCUT2D eigenvalue weighted by Gasteiger charge is 2.35. The number of anilines is 1. The number of carbonyl (C=O) groups excluding carboxylic acids is 1. The number of phenolic OH excluding ortho intramolecular Hbond substituents is 1. The van der Waals surface area contributed by atoms with E-state index in [9.17, 15) is 18.3 Å². The highest BCUT2D eigenvalue weighted by atomic mass is 32.2. The van der Waals surface area contributed by atoms with Crippen LogP contribution in [0.3, 0.4) is 0 Å². The van der Waals surface area contributed by atoms with Gasteiger partial charge in [-0.25, -0.2) is 9.03 Å². The predicted octanol–water partition coefficient (Wildman–Crippen LogP) is 0.826. The Morgan fingerprint density at radius 3 is 2.74 bits per heavy atom. The SMILES string of the molecule is CCSCc1ccc(N2CC(=O)NS2(=O)=O)c(O)c1. The first-order chi connectivity index (χ1) is 8.94. The highest BCUT2D eigenvalue weighted by molar-refractivity contribution is 7.98. The maximum Gasteiger partial charge on any atom is 0.326 e. The zero-order chi connectivity index (χ0) is 14.0. The molecular weight excluding hydrogens is 288 g/mol. The summed E-state index contributed by atoms with van der Waals surface area (Å²) in [6.07, 6.45) is 0. The van der Waals surface area contributed by atoms with Crippen molar-refractivity contribution < 1.29 is 18.3 Å². The lowest BCUT2D eigenvalue weighted by Gasteiger charge is -2.16. The van der Waals surface area contributed by atoms with Crippen molar-refractivity contribution >= 4 is 33.6 Å². The first-order valence-corrected chi connectivity index (χ1v) is 8.26. The number of nitrogens with one attached hydrogen (secondary N) is 1. The molecule has 2 N–H and O–H groups in total. The van der Waals surface area contributed by atoms with Gasteiger partial charge < -0.3 is 5.11 Å². The second-order valence-corrected chi connectivity index (χ2v) is 6.87. The van der Waals surface area contributed by atoms with E-state index in [1.807, 2.05) is 11.6 Å². The number of hydrogen-bond acceptors (Lipinski definition) is 5. The van der Waals surface area contributed by atoms with Crippen LogP contribution in [0.1, 0.15) is 12.5 Å². The van der Waals surface area contributed by atoms with Gasteiger partial charge in [0.25, 0.3) is 5.91 Å². The number of thioether (sulfide) groups is 1. The maximum absolute atomic E-state index is 11.7. The third kappa shape index (κ3) is 2.95. The molecule has 1 heterocycles. The van der Waals surface area contributed by atoms with Crippen LogP contribution in [0.25, 0.3) is 0 Å². The van der Waals surface area contributed by atoms with E-state index in [2.05, 4.69) is 0 Å². The molecule has 0 saturated carbocycles. The molecule has 8 heteroatoms. The summed E-state index contributed by atoms with van der Waals surface area (Å²) < 4.78 is 26.0. The van der Waals surface area contributed by atoms with Gasteiger partial charge in [0.2, 0.25) is 0 Å². The molecule has 0 radical (unpaired) electrons. The Morgan fingerprint density at radius 2 is 2.21 bits per heavy atom. The van der Waals surface area contributed by atoms with Crippen molar-refractivity contribution in [2.45, 2.75) is 12.7 Å². The van der Waals surface area contributed by atoms with Crippen molar-refractivity contribution in [3.8, 4) is 5.75 Å². The molecular formula is C11H14N2O4S2. The van der Waals surface area contributed by atoms with Crippen LogP contribution < -0.4 is 9.03 Å². The van der Waals surface area contributed by atoms with Gasteiger partial charge in [-0.15, -0.1) is 0 Å². The fourth-order valence-corrected chi connectivity index (χ4v) is 3.53. The topological polar surface area (TPSA) is 86.7 Å².